The number of rotatable bonds is 5. The Labute approximate surface area is 136 Å². The summed E-state index contributed by atoms with van der Waals surface area (Å²) in [4.78, 5) is 11.6. The third-order valence-electron chi connectivity index (χ3n) is 4.26. The summed E-state index contributed by atoms with van der Waals surface area (Å²) in [5.41, 5.74) is 1.73. The topological polar surface area (TPSA) is 37.3 Å². The van der Waals surface area contributed by atoms with Gasteiger partial charge in [0.05, 0.1) is 5.41 Å². The van der Waals surface area contributed by atoms with Crippen molar-refractivity contribution in [1.29, 1.82) is 0 Å². The van der Waals surface area contributed by atoms with E-state index in [1.54, 1.807) is 0 Å². The van der Waals surface area contributed by atoms with Crippen molar-refractivity contribution in [1.82, 2.24) is 0 Å². The van der Waals surface area contributed by atoms with Crippen molar-refractivity contribution >= 4 is 6.29 Å². The van der Waals surface area contributed by atoms with E-state index in [9.17, 15) is 9.90 Å². The molecule has 0 aliphatic rings. The van der Waals surface area contributed by atoms with Crippen LogP contribution in [0.1, 0.15) is 16.7 Å². The highest BCUT2D eigenvalue weighted by Crippen LogP contribution is 2.41. The molecule has 1 N–H and O–H groups in total. The lowest BCUT2D eigenvalue weighted by Gasteiger charge is -2.37. The molecule has 0 heterocycles. The van der Waals surface area contributed by atoms with Gasteiger partial charge in [0.15, 0.2) is 0 Å². The molecule has 3 rings (SSSR count). The Morgan fingerprint density at radius 3 is 1.22 bits per heavy atom. The van der Waals surface area contributed by atoms with E-state index in [0.29, 0.717) is 6.29 Å². The van der Waals surface area contributed by atoms with Crippen LogP contribution >= 0.6 is 0 Å². The van der Waals surface area contributed by atoms with Crippen LogP contribution in [0.3, 0.4) is 0 Å². The highest BCUT2D eigenvalue weighted by Gasteiger charge is 2.42. The van der Waals surface area contributed by atoms with Crippen LogP contribution in [0.5, 0.6) is 0 Å². The van der Waals surface area contributed by atoms with Crippen molar-refractivity contribution in [3.63, 3.8) is 0 Å². The minimum atomic E-state index is -1.19. The fraction of sp³-hybridized carbons (Fsp3) is 0.0952. The smallest absolute Gasteiger partial charge is 0.150 e. The Morgan fingerprint density at radius 2 is 0.957 bits per heavy atom. The molecule has 0 aliphatic heterocycles. The van der Waals surface area contributed by atoms with E-state index in [1.807, 2.05) is 91.0 Å². The molecule has 23 heavy (non-hydrogen) atoms. The first kappa shape index (κ1) is 15.2. The average Bonchev–Trinajstić information content (AvgIpc) is 2.65. The quantitative estimate of drug-likeness (QED) is 0.578. The molecule has 114 valence electrons. The molecule has 1 atom stereocenters. The third-order valence-corrected chi connectivity index (χ3v) is 4.26. The summed E-state index contributed by atoms with van der Waals surface area (Å²) >= 11 is 0. The molecule has 0 saturated carbocycles. The normalized spacial score (nSPS) is 12.6. The summed E-state index contributed by atoms with van der Waals surface area (Å²) in [5, 5.41) is 10.8. The number of aldehydes is 1. The Balaban J connectivity index is 2.38. The first-order valence-corrected chi connectivity index (χ1v) is 7.60. The fourth-order valence-electron chi connectivity index (χ4n) is 3.22. The van der Waals surface area contributed by atoms with Gasteiger partial charge in [0.1, 0.15) is 12.4 Å². The highest BCUT2D eigenvalue weighted by molar-refractivity contribution is 5.67. The second-order valence-electron chi connectivity index (χ2n) is 5.49. The molecule has 0 aliphatic carbocycles. The first-order chi connectivity index (χ1) is 11.3. The van der Waals surface area contributed by atoms with Crippen molar-refractivity contribution in [3.05, 3.63) is 108 Å². The molecule has 0 spiro atoms. The van der Waals surface area contributed by atoms with Crippen molar-refractivity contribution in [3.8, 4) is 0 Å². The SMILES string of the molecule is O=CC(O)C(c1ccccc1)(c1ccccc1)c1ccccc1. The zero-order valence-corrected chi connectivity index (χ0v) is 12.7. The number of hydrogen-bond acceptors (Lipinski definition) is 2. The molecule has 0 bridgehead atoms. The van der Waals surface area contributed by atoms with Crippen LogP contribution in [0.2, 0.25) is 0 Å². The van der Waals surface area contributed by atoms with Gasteiger partial charge in [-0.25, -0.2) is 0 Å². The van der Waals surface area contributed by atoms with E-state index in [-0.39, 0.29) is 0 Å². The van der Waals surface area contributed by atoms with Crippen molar-refractivity contribution in [2.45, 2.75) is 11.5 Å². The second kappa shape index (κ2) is 6.59. The van der Waals surface area contributed by atoms with Gasteiger partial charge in [-0.3, -0.25) is 0 Å². The highest BCUT2D eigenvalue weighted by atomic mass is 16.3. The van der Waals surface area contributed by atoms with Gasteiger partial charge in [-0.1, -0.05) is 91.0 Å². The van der Waals surface area contributed by atoms with Gasteiger partial charge in [-0.2, -0.15) is 0 Å². The second-order valence-corrected chi connectivity index (χ2v) is 5.49. The molecule has 2 heteroatoms. The van der Waals surface area contributed by atoms with Gasteiger partial charge in [0.2, 0.25) is 0 Å². The average molecular weight is 302 g/mol. The van der Waals surface area contributed by atoms with Gasteiger partial charge in [-0.05, 0) is 16.7 Å². The number of carbonyl (C=O) groups excluding carboxylic acids is 1. The summed E-state index contributed by atoms with van der Waals surface area (Å²) in [6.07, 6.45) is -0.567. The van der Waals surface area contributed by atoms with Gasteiger partial charge in [0, 0.05) is 0 Å². The number of carbonyl (C=O) groups is 1. The Hall–Kier alpha value is -2.71. The molecule has 1 unspecified atom stereocenters. The minimum absolute atomic E-state index is 0.618. The third kappa shape index (κ3) is 2.58. The zero-order chi connectivity index (χ0) is 16.1. The molecule has 0 saturated heterocycles. The van der Waals surface area contributed by atoms with Gasteiger partial charge >= 0.3 is 0 Å². The largest absolute Gasteiger partial charge is 0.384 e. The molecule has 0 aromatic heterocycles. The minimum Gasteiger partial charge on any atom is -0.384 e. The van der Waals surface area contributed by atoms with Crippen LogP contribution in [0.25, 0.3) is 0 Å². The lowest BCUT2D eigenvalue weighted by Crippen LogP contribution is -2.43. The Kier molecular flexibility index (Phi) is 4.35. The van der Waals surface area contributed by atoms with E-state index in [0.717, 1.165) is 16.7 Å². The van der Waals surface area contributed by atoms with Crippen molar-refractivity contribution < 1.29 is 9.90 Å². The summed E-state index contributed by atoms with van der Waals surface area (Å²) in [6.45, 7) is 0. The van der Waals surface area contributed by atoms with Gasteiger partial charge in [-0.15, -0.1) is 0 Å². The van der Waals surface area contributed by atoms with Gasteiger partial charge in [0.25, 0.3) is 0 Å². The van der Waals surface area contributed by atoms with E-state index >= 15 is 0 Å². The lowest BCUT2D eigenvalue weighted by molar-refractivity contribution is -0.116. The maximum atomic E-state index is 11.6. The molecule has 3 aromatic rings. The van der Waals surface area contributed by atoms with Gasteiger partial charge < -0.3 is 9.90 Å². The first-order valence-electron chi connectivity index (χ1n) is 7.60. The van der Waals surface area contributed by atoms with Crippen molar-refractivity contribution in [2.75, 3.05) is 0 Å². The summed E-state index contributed by atoms with van der Waals surface area (Å²) in [7, 11) is 0. The van der Waals surface area contributed by atoms with E-state index in [1.165, 1.54) is 0 Å². The van der Waals surface area contributed by atoms with E-state index in [4.69, 9.17) is 0 Å². The van der Waals surface area contributed by atoms with E-state index in [2.05, 4.69) is 0 Å². The van der Waals surface area contributed by atoms with E-state index < -0.39 is 11.5 Å². The predicted molar refractivity (Wildman–Crippen MR) is 91.3 cm³/mol. The van der Waals surface area contributed by atoms with Crippen LogP contribution < -0.4 is 0 Å². The molecule has 3 aromatic carbocycles. The van der Waals surface area contributed by atoms with Crippen LogP contribution in [0.4, 0.5) is 0 Å². The van der Waals surface area contributed by atoms with Crippen LogP contribution in [-0.2, 0) is 10.2 Å². The molecular formula is C21H18O2. The predicted octanol–water partition coefficient (Wildman–Crippen LogP) is 3.58. The monoisotopic (exact) mass is 302 g/mol. The van der Waals surface area contributed by atoms with Crippen LogP contribution in [0, 0.1) is 0 Å². The lowest BCUT2D eigenvalue weighted by atomic mass is 9.66. The number of aliphatic hydroxyl groups is 1. The molecule has 2 nitrogen and oxygen atoms in total. The maximum absolute atomic E-state index is 11.6. The molecule has 0 fully saturated rings. The zero-order valence-electron chi connectivity index (χ0n) is 12.7. The summed E-state index contributed by atoms with van der Waals surface area (Å²) in [5.74, 6) is 0. The maximum Gasteiger partial charge on any atom is 0.150 e. The summed E-state index contributed by atoms with van der Waals surface area (Å²) in [6, 6.07) is 29.0. The Bertz CT molecular complexity index is 655. The number of hydrogen-bond donors (Lipinski definition) is 1. The molecule has 0 radical (unpaired) electrons. The summed E-state index contributed by atoms with van der Waals surface area (Å²) < 4.78 is 0. The fourth-order valence-corrected chi connectivity index (χ4v) is 3.22. The number of benzene rings is 3. The van der Waals surface area contributed by atoms with Crippen LogP contribution in [0.15, 0.2) is 91.0 Å². The van der Waals surface area contributed by atoms with Crippen LogP contribution in [-0.4, -0.2) is 17.5 Å². The number of aliphatic hydroxyl groups excluding tert-OH is 1. The van der Waals surface area contributed by atoms with Crippen molar-refractivity contribution in [2.24, 2.45) is 0 Å². The Morgan fingerprint density at radius 1 is 0.652 bits per heavy atom. The molecule has 0 amide bonds. The molecular weight excluding hydrogens is 284 g/mol. The standard InChI is InChI=1S/C21H18O2/c22-16-20(23)21(17-10-4-1-5-11-17,18-12-6-2-7-13-18)19-14-8-3-9-15-19/h1-16,20,23H.